The summed E-state index contributed by atoms with van der Waals surface area (Å²) in [6.45, 7) is 0.0881. The van der Waals surface area contributed by atoms with Crippen molar-refractivity contribution in [3.8, 4) is 0 Å². The van der Waals surface area contributed by atoms with Crippen molar-refractivity contribution >= 4 is 17.2 Å². The number of amides is 1. The normalized spacial score (nSPS) is 14.2. The number of aliphatic hydroxyl groups excluding tert-OH is 1. The van der Waals surface area contributed by atoms with Crippen LogP contribution in [-0.4, -0.2) is 33.2 Å². The number of aryl methyl sites for hydroxylation is 1. The second-order valence-electron chi connectivity index (χ2n) is 4.17. The molecule has 0 aromatic carbocycles. The Bertz CT molecular complexity index is 538. The number of aromatic nitrogens is 2. The van der Waals surface area contributed by atoms with Gasteiger partial charge in [0.05, 0.1) is 0 Å². The fraction of sp³-hybridized carbons (Fsp3) is 0.333. The van der Waals surface area contributed by atoms with Gasteiger partial charge in [-0.3, -0.25) is 10.1 Å². The summed E-state index contributed by atoms with van der Waals surface area (Å²) in [6, 6.07) is 3.75. The van der Waals surface area contributed by atoms with E-state index in [2.05, 4.69) is 10.3 Å². The van der Waals surface area contributed by atoms with Gasteiger partial charge in [0, 0.05) is 30.9 Å². The molecule has 102 valence electrons. The number of thiophene rings is 1. The first kappa shape index (κ1) is 13.7. The lowest BCUT2D eigenvalue weighted by atomic mass is 10.2. The molecule has 7 heteroatoms. The lowest BCUT2D eigenvalue weighted by Crippen LogP contribution is -2.39. The van der Waals surface area contributed by atoms with Crippen LogP contribution < -0.4 is 11.1 Å². The van der Waals surface area contributed by atoms with Gasteiger partial charge in [-0.2, -0.15) is 0 Å². The Morgan fingerprint density at radius 3 is 3.00 bits per heavy atom. The lowest BCUT2D eigenvalue weighted by Gasteiger charge is -2.18. The molecule has 0 aliphatic rings. The number of imidazole rings is 1. The van der Waals surface area contributed by atoms with E-state index in [1.807, 2.05) is 35.3 Å². The molecule has 2 heterocycles. The van der Waals surface area contributed by atoms with Crippen molar-refractivity contribution in [2.45, 2.75) is 12.1 Å². The van der Waals surface area contributed by atoms with E-state index < -0.39 is 12.0 Å². The molecular formula is C12H16N4O2S. The highest BCUT2D eigenvalue weighted by Gasteiger charge is 2.21. The van der Waals surface area contributed by atoms with Crippen LogP contribution in [0.2, 0.25) is 0 Å². The van der Waals surface area contributed by atoms with Gasteiger partial charge < -0.3 is 15.4 Å². The smallest absolute Gasteiger partial charge is 0.247 e. The number of nitrogens with zero attached hydrogens (tertiary/aromatic N) is 2. The van der Waals surface area contributed by atoms with Gasteiger partial charge >= 0.3 is 0 Å². The number of primary amides is 1. The predicted octanol–water partition coefficient (Wildman–Crippen LogP) is 0.00680. The fourth-order valence-electron chi connectivity index (χ4n) is 1.76. The second kappa shape index (κ2) is 5.96. The second-order valence-corrected chi connectivity index (χ2v) is 5.15. The molecule has 0 radical (unpaired) electrons. The van der Waals surface area contributed by atoms with Gasteiger partial charge in [0.1, 0.15) is 18.0 Å². The summed E-state index contributed by atoms with van der Waals surface area (Å²) < 4.78 is 1.90. The minimum absolute atomic E-state index is 0.0881. The molecule has 0 aliphatic carbocycles. The first-order chi connectivity index (χ1) is 9.09. The Kier molecular flexibility index (Phi) is 4.31. The number of hydrogen-bond donors (Lipinski definition) is 3. The summed E-state index contributed by atoms with van der Waals surface area (Å²) in [5.41, 5.74) is 5.04. The van der Waals surface area contributed by atoms with Crippen LogP contribution in [0.1, 0.15) is 16.7 Å². The van der Waals surface area contributed by atoms with Gasteiger partial charge in [0.15, 0.2) is 0 Å². The highest BCUT2D eigenvalue weighted by molar-refractivity contribution is 7.10. The summed E-state index contributed by atoms with van der Waals surface area (Å²) >= 11 is 1.58. The van der Waals surface area contributed by atoms with Crippen LogP contribution >= 0.6 is 11.3 Å². The van der Waals surface area contributed by atoms with E-state index in [-0.39, 0.29) is 12.6 Å². The molecule has 0 aliphatic heterocycles. The Morgan fingerprint density at radius 1 is 1.68 bits per heavy atom. The van der Waals surface area contributed by atoms with Crippen molar-refractivity contribution in [1.29, 1.82) is 0 Å². The highest BCUT2D eigenvalue weighted by Crippen LogP contribution is 2.24. The Balaban J connectivity index is 2.17. The molecule has 0 bridgehead atoms. The molecule has 2 rings (SSSR count). The zero-order valence-corrected chi connectivity index (χ0v) is 11.3. The van der Waals surface area contributed by atoms with E-state index in [0.29, 0.717) is 0 Å². The molecule has 0 saturated carbocycles. The molecule has 0 spiro atoms. The molecule has 2 atom stereocenters. The van der Waals surface area contributed by atoms with E-state index in [9.17, 15) is 9.90 Å². The van der Waals surface area contributed by atoms with Crippen molar-refractivity contribution in [3.05, 3.63) is 40.6 Å². The summed E-state index contributed by atoms with van der Waals surface area (Å²) in [6.07, 6.45) is 2.35. The van der Waals surface area contributed by atoms with E-state index in [1.165, 1.54) is 0 Å². The van der Waals surface area contributed by atoms with E-state index in [4.69, 9.17) is 5.73 Å². The van der Waals surface area contributed by atoms with Gasteiger partial charge in [-0.25, -0.2) is 4.98 Å². The molecule has 0 saturated heterocycles. The lowest BCUT2D eigenvalue weighted by molar-refractivity contribution is -0.125. The minimum Gasteiger partial charge on any atom is -0.382 e. The fourth-order valence-corrected chi connectivity index (χ4v) is 2.56. The zero-order chi connectivity index (χ0) is 13.8. The summed E-state index contributed by atoms with van der Waals surface area (Å²) in [5, 5.41) is 14.6. The third-order valence-electron chi connectivity index (χ3n) is 2.79. The number of nitrogens with two attached hydrogens (primary N) is 1. The van der Waals surface area contributed by atoms with Crippen molar-refractivity contribution in [2.75, 3.05) is 6.54 Å². The summed E-state index contributed by atoms with van der Waals surface area (Å²) in [4.78, 5) is 16.2. The van der Waals surface area contributed by atoms with Gasteiger partial charge in [-0.1, -0.05) is 6.07 Å². The maximum atomic E-state index is 10.9. The van der Waals surface area contributed by atoms with Crippen LogP contribution in [-0.2, 0) is 11.8 Å². The zero-order valence-electron chi connectivity index (χ0n) is 10.5. The Morgan fingerprint density at radius 2 is 2.47 bits per heavy atom. The number of nitrogens with one attached hydrogen (secondary N) is 1. The largest absolute Gasteiger partial charge is 0.382 e. The molecule has 4 N–H and O–H groups in total. The highest BCUT2D eigenvalue weighted by atomic mass is 32.1. The molecule has 2 aromatic rings. The number of carbonyl (C=O) groups is 1. The molecule has 2 aromatic heterocycles. The predicted molar refractivity (Wildman–Crippen MR) is 72.6 cm³/mol. The summed E-state index contributed by atoms with van der Waals surface area (Å²) in [7, 11) is 1.90. The van der Waals surface area contributed by atoms with Crippen LogP contribution in [0.5, 0.6) is 0 Å². The molecule has 2 unspecified atom stereocenters. The number of hydrogen-bond acceptors (Lipinski definition) is 5. The van der Waals surface area contributed by atoms with Gasteiger partial charge in [0.25, 0.3) is 0 Å². The van der Waals surface area contributed by atoms with E-state index in [0.717, 1.165) is 10.7 Å². The van der Waals surface area contributed by atoms with Crippen molar-refractivity contribution in [2.24, 2.45) is 12.8 Å². The maximum Gasteiger partial charge on any atom is 0.247 e. The molecule has 0 fully saturated rings. The van der Waals surface area contributed by atoms with Gasteiger partial charge in [-0.05, 0) is 11.4 Å². The van der Waals surface area contributed by atoms with Crippen LogP contribution in [0.4, 0.5) is 0 Å². The Hall–Kier alpha value is -1.70. The van der Waals surface area contributed by atoms with Crippen molar-refractivity contribution < 1.29 is 9.90 Å². The minimum atomic E-state index is -1.21. The number of aliphatic hydroxyl groups is 1. The van der Waals surface area contributed by atoms with Crippen LogP contribution in [0.25, 0.3) is 0 Å². The first-order valence-corrected chi connectivity index (χ1v) is 6.69. The average molecular weight is 280 g/mol. The standard InChI is InChI=1S/C12H16N4O2S/c1-16-5-4-14-12(16)10(9-3-2-6-19-9)15-7-8(17)11(13)18/h2-6,8,10,15,17H,7H2,1H3,(H2,13,18). The number of rotatable bonds is 6. The van der Waals surface area contributed by atoms with Crippen LogP contribution in [0, 0.1) is 0 Å². The SMILES string of the molecule is Cn1ccnc1C(NCC(O)C(N)=O)c1cccs1. The van der Waals surface area contributed by atoms with Crippen LogP contribution in [0.3, 0.4) is 0 Å². The van der Waals surface area contributed by atoms with Gasteiger partial charge in [0.2, 0.25) is 5.91 Å². The quantitative estimate of drug-likeness (QED) is 0.694. The molecule has 19 heavy (non-hydrogen) atoms. The maximum absolute atomic E-state index is 10.9. The molecule has 1 amide bonds. The average Bonchev–Trinajstić information content (AvgIpc) is 3.02. The van der Waals surface area contributed by atoms with Crippen molar-refractivity contribution in [1.82, 2.24) is 14.9 Å². The molecule has 6 nitrogen and oxygen atoms in total. The van der Waals surface area contributed by atoms with Crippen molar-refractivity contribution in [3.63, 3.8) is 0 Å². The third kappa shape index (κ3) is 3.19. The van der Waals surface area contributed by atoms with Gasteiger partial charge in [-0.15, -0.1) is 11.3 Å². The topological polar surface area (TPSA) is 93.2 Å². The Labute approximate surface area is 114 Å². The van der Waals surface area contributed by atoms with E-state index >= 15 is 0 Å². The summed E-state index contributed by atoms with van der Waals surface area (Å²) in [5.74, 6) is 0.0800. The molecular weight excluding hydrogens is 264 g/mol. The number of carbonyl (C=O) groups excluding carboxylic acids is 1. The van der Waals surface area contributed by atoms with Crippen LogP contribution in [0.15, 0.2) is 29.9 Å². The third-order valence-corrected chi connectivity index (χ3v) is 3.73. The monoisotopic (exact) mass is 280 g/mol. The van der Waals surface area contributed by atoms with E-state index in [1.54, 1.807) is 17.5 Å². The first-order valence-electron chi connectivity index (χ1n) is 5.81.